The summed E-state index contributed by atoms with van der Waals surface area (Å²) in [5.74, 6) is -0.139. The van der Waals surface area contributed by atoms with Crippen molar-refractivity contribution in [2.45, 2.75) is 65.2 Å². The maximum Gasteiger partial charge on any atom is 0.245 e. The molecule has 6 nitrogen and oxygen atoms in total. The molecule has 0 aliphatic rings. The molecule has 0 bridgehead atoms. The van der Waals surface area contributed by atoms with E-state index in [1.807, 2.05) is 30.3 Å². The molecule has 0 fully saturated rings. The molecule has 3 aromatic rings. The molecule has 0 spiro atoms. The molecule has 0 unspecified atom stereocenters. The van der Waals surface area contributed by atoms with Crippen LogP contribution in [0.15, 0.2) is 60.7 Å². The van der Waals surface area contributed by atoms with Crippen molar-refractivity contribution in [3.63, 3.8) is 0 Å². The van der Waals surface area contributed by atoms with Gasteiger partial charge in [-0.25, -0.2) is 9.07 Å². The minimum Gasteiger partial charge on any atom is -0.333 e. The van der Waals surface area contributed by atoms with Gasteiger partial charge >= 0.3 is 0 Å². The van der Waals surface area contributed by atoms with E-state index in [4.69, 9.17) is 0 Å². The van der Waals surface area contributed by atoms with E-state index in [9.17, 15) is 14.0 Å². The molecule has 36 heavy (non-hydrogen) atoms. The maximum atomic E-state index is 13.5. The number of amides is 2. The minimum absolute atomic E-state index is 0.00834. The molecule has 1 aromatic heterocycles. The van der Waals surface area contributed by atoms with Gasteiger partial charge in [-0.05, 0) is 37.1 Å². The van der Waals surface area contributed by atoms with Crippen molar-refractivity contribution in [1.29, 1.82) is 0 Å². The molecule has 3 rings (SSSR count). The standard InChI is InChI=1S/C29H37FN4O2/c1-3-5-7-11-15-29(36)33(20-12-6-4-2)22-28(35)31-27-21-26(23-13-9-8-10-14-23)32-34(27)25-18-16-24(30)17-19-25/h8-10,13-14,16-19,21H,3-7,11-12,15,20,22H2,1-2H3,(H,31,35). The van der Waals surface area contributed by atoms with Crippen molar-refractivity contribution in [1.82, 2.24) is 14.7 Å². The first-order valence-corrected chi connectivity index (χ1v) is 13.0. The largest absolute Gasteiger partial charge is 0.333 e. The monoisotopic (exact) mass is 492 g/mol. The van der Waals surface area contributed by atoms with Crippen LogP contribution in [0.5, 0.6) is 0 Å². The Labute approximate surface area is 213 Å². The summed E-state index contributed by atoms with van der Waals surface area (Å²) < 4.78 is 15.1. The number of carbonyl (C=O) groups is 2. The SMILES string of the molecule is CCCCCCC(=O)N(CCCCC)CC(=O)Nc1cc(-c2ccccc2)nn1-c1ccc(F)cc1. The third-order valence-electron chi connectivity index (χ3n) is 6.08. The summed E-state index contributed by atoms with van der Waals surface area (Å²) in [6.07, 6.45) is 7.49. The lowest BCUT2D eigenvalue weighted by atomic mass is 10.1. The fourth-order valence-electron chi connectivity index (χ4n) is 4.06. The summed E-state index contributed by atoms with van der Waals surface area (Å²) in [7, 11) is 0. The molecular weight excluding hydrogens is 455 g/mol. The van der Waals surface area contributed by atoms with Crippen LogP contribution < -0.4 is 5.32 Å². The minimum atomic E-state index is -0.347. The van der Waals surface area contributed by atoms with Gasteiger partial charge < -0.3 is 10.2 Å². The lowest BCUT2D eigenvalue weighted by Crippen LogP contribution is -2.38. The maximum absolute atomic E-state index is 13.5. The number of aromatic nitrogens is 2. The molecule has 192 valence electrons. The highest BCUT2D eigenvalue weighted by Gasteiger charge is 2.19. The zero-order valence-corrected chi connectivity index (χ0v) is 21.4. The number of benzene rings is 2. The second kappa shape index (κ2) is 14.2. The van der Waals surface area contributed by atoms with E-state index in [2.05, 4.69) is 24.3 Å². The van der Waals surface area contributed by atoms with Crippen LogP contribution >= 0.6 is 0 Å². The summed E-state index contributed by atoms with van der Waals surface area (Å²) in [4.78, 5) is 27.7. The van der Waals surface area contributed by atoms with Gasteiger partial charge in [0.15, 0.2) is 0 Å². The number of halogens is 1. The number of hydrogen-bond donors (Lipinski definition) is 1. The van der Waals surface area contributed by atoms with Gasteiger partial charge in [-0.1, -0.05) is 76.3 Å². The molecule has 0 radical (unpaired) electrons. The van der Waals surface area contributed by atoms with Crippen LogP contribution in [0.2, 0.25) is 0 Å². The summed E-state index contributed by atoms with van der Waals surface area (Å²) >= 11 is 0. The van der Waals surface area contributed by atoms with Gasteiger partial charge in [-0.15, -0.1) is 0 Å². The van der Waals surface area contributed by atoms with Gasteiger partial charge in [-0.3, -0.25) is 9.59 Å². The summed E-state index contributed by atoms with van der Waals surface area (Å²) in [5.41, 5.74) is 2.21. The fourth-order valence-corrected chi connectivity index (χ4v) is 4.06. The Bertz CT molecular complexity index is 1100. The van der Waals surface area contributed by atoms with E-state index in [-0.39, 0.29) is 24.2 Å². The Morgan fingerprint density at radius 2 is 1.61 bits per heavy atom. The highest BCUT2D eigenvalue weighted by Crippen LogP contribution is 2.25. The molecule has 0 atom stereocenters. The summed E-state index contributed by atoms with van der Waals surface area (Å²) in [6, 6.07) is 17.4. The van der Waals surface area contributed by atoms with Crippen molar-refractivity contribution in [3.8, 4) is 16.9 Å². The molecule has 0 saturated carbocycles. The number of unbranched alkanes of at least 4 members (excludes halogenated alkanes) is 5. The number of rotatable bonds is 14. The molecule has 0 aliphatic carbocycles. The zero-order valence-electron chi connectivity index (χ0n) is 21.4. The van der Waals surface area contributed by atoms with Crippen molar-refractivity contribution in [2.24, 2.45) is 0 Å². The third kappa shape index (κ3) is 8.04. The van der Waals surface area contributed by atoms with Crippen LogP contribution in [0.4, 0.5) is 10.2 Å². The molecule has 0 aliphatic heterocycles. The van der Waals surface area contributed by atoms with Crippen LogP contribution in [0.1, 0.15) is 65.2 Å². The molecule has 2 amide bonds. The van der Waals surface area contributed by atoms with Gasteiger partial charge in [0.1, 0.15) is 11.6 Å². The number of nitrogens with one attached hydrogen (secondary N) is 1. The fraction of sp³-hybridized carbons (Fsp3) is 0.414. The summed E-state index contributed by atoms with van der Waals surface area (Å²) in [6.45, 7) is 4.82. The molecule has 1 N–H and O–H groups in total. The van der Waals surface area contributed by atoms with E-state index in [0.717, 1.165) is 50.5 Å². The molecule has 2 aromatic carbocycles. The van der Waals surface area contributed by atoms with Crippen molar-refractivity contribution >= 4 is 17.6 Å². The number of carbonyl (C=O) groups excluding carboxylic acids is 2. The molecule has 0 saturated heterocycles. The predicted octanol–water partition coefficient (Wildman–Crippen LogP) is 6.61. The highest BCUT2D eigenvalue weighted by molar-refractivity contribution is 5.94. The second-order valence-corrected chi connectivity index (χ2v) is 9.05. The van der Waals surface area contributed by atoms with Crippen LogP contribution in [0.3, 0.4) is 0 Å². The van der Waals surface area contributed by atoms with E-state index >= 15 is 0 Å². The van der Waals surface area contributed by atoms with E-state index in [0.29, 0.717) is 30.2 Å². The predicted molar refractivity (Wildman–Crippen MR) is 142 cm³/mol. The zero-order chi connectivity index (χ0) is 25.8. The van der Waals surface area contributed by atoms with Crippen LogP contribution in [0.25, 0.3) is 16.9 Å². The quantitative estimate of drug-likeness (QED) is 0.258. The Morgan fingerprint density at radius 3 is 2.31 bits per heavy atom. The second-order valence-electron chi connectivity index (χ2n) is 9.05. The Balaban J connectivity index is 1.78. The first-order valence-electron chi connectivity index (χ1n) is 13.0. The van der Waals surface area contributed by atoms with E-state index < -0.39 is 0 Å². The Morgan fingerprint density at radius 1 is 0.917 bits per heavy atom. The van der Waals surface area contributed by atoms with Gasteiger partial charge in [0, 0.05) is 24.6 Å². The van der Waals surface area contributed by atoms with E-state index in [1.165, 1.54) is 12.1 Å². The number of nitrogens with zero attached hydrogens (tertiary/aromatic N) is 3. The van der Waals surface area contributed by atoms with Crippen molar-refractivity contribution in [3.05, 3.63) is 66.5 Å². The topological polar surface area (TPSA) is 67.2 Å². The number of anilines is 1. The van der Waals surface area contributed by atoms with Crippen molar-refractivity contribution < 1.29 is 14.0 Å². The Kier molecular flexibility index (Phi) is 10.7. The smallest absolute Gasteiger partial charge is 0.245 e. The van der Waals surface area contributed by atoms with Gasteiger partial charge in [-0.2, -0.15) is 5.10 Å². The lowest BCUT2D eigenvalue weighted by molar-refractivity contribution is -0.134. The van der Waals surface area contributed by atoms with Crippen molar-refractivity contribution in [2.75, 3.05) is 18.4 Å². The average Bonchev–Trinajstić information content (AvgIpc) is 3.30. The summed E-state index contributed by atoms with van der Waals surface area (Å²) in [5, 5.41) is 7.61. The highest BCUT2D eigenvalue weighted by atomic mass is 19.1. The number of hydrogen-bond acceptors (Lipinski definition) is 3. The van der Waals surface area contributed by atoms with Gasteiger partial charge in [0.05, 0.1) is 17.9 Å². The van der Waals surface area contributed by atoms with Gasteiger partial charge in [0.25, 0.3) is 0 Å². The Hall–Kier alpha value is -3.48. The van der Waals surface area contributed by atoms with Gasteiger partial charge in [0.2, 0.25) is 11.8 Å². The van der Waals surface area contributed by atoms with Crippen LogP contribution in [0, 0.1) is 5.82 Å². The first kappa shape index (κ1) is 27.1. The normalized spacial score (nSPS) is 10.9. The molecule has 7 heteroatoms. The average molecular weight is 493 g/mol. The molecule has 1 heterocycles. The first-order chi connectivity index (χ1) is 17.5. The van der Waals surface area contributed by atoms with E-state index in [1.54, 1.807) is 27.8 Å². The third-order valence-corrected chi connectivity index (χ3v) is 6.08. The lowest BCUT2D eigenvalue weighted by Gasteiger charge is -2.22. The molecular formula is C29H37FN4O2. The van der Waals surface area contributed by atoms with Crippen LogP contribution in [-0.2, 0) is 9.59 Å². The van der Waals surface area contributed by atoms with Crippen LogP contribution in [-0.4, -0.2) is 39.6 Å².